The molecule has 0 aliphatic carbocycles. The van der Waals surface area contributed by atoms with E-state index in [4.69, 9.17) is 0 Å². The molecule has 1 fully saturated rings. The number of nitrogens with zero attached hydrogens (tertiary/aromatic N) is 1. The molecule has 4 rings (SSSR count). The lowest BCUT2D eigenvalue weighted by Crippen LogP contribution is -2.25. The van der Waals surface area contributed by atoms with Crippen LogP contribution in [-0.2, 0) is 9.84 Å². The van der Waals surface area contributed by atoms with Crippen molar-refractivity contribution in [2.24, 2.45) is 0 Å². The van der Waals surface area contributed by atoms with Gasteiger partial charge >= 0.3 is 5.97 Å². The van der Waals surface area contributed by atoms with E-state index in [1.165, 1.54) is 0 Å². The zero-order chi connectivity index (χ0) is 16.9. The van der Waals surface area contributed by atoms with Crippen molar-refractivity contribution in [2.75, 3.05) is 11.5 Å². The van der Waals surface area contributed by atoms with Gasteiger partial charge in [0.25, 0.3) is 0 Å². The van der Waals surface area contributed by atoms with Crippen LogP contribution in [0.1, 0.15) is 29.2 Å². The molecule has 0 bridgehead atoms. The number of fused-ring (bicyclic) bond motifs is 3. The van der Waals surface area contributed by atoms with Crippen LogP contribution in [-0.4, -0.2) is 35.6 Å². The number of carboxylic acid groups (broad SMARTS) is 1. The lowest BCUT2D eigenvalue weighted by atomic mass is 10.1. The molecule has 2 aromatic carbocycles. The zero-order valence-electron chi connectivity index (χ0n) is 13.0. The standard InChI is InChI=1S/C18H17NO4S/c20-18(21)12-5-6-15-14-3-1-2-4-16(14)19(17(15)11-12)13-7-9-24(22,23)10-8-13/h1-6,11,13H,7-10H2,(H,20,21). The molecule has 1 aliphatic heterocycles. The number of aromatic carboxylic acids is 1. The normalized spacial score (nSPS) is 18.2. The minimum Gasteiger partial charge on any atom is -0.478 e. The molecule has 24 heavy (non-hydrogen) atoms. The molecule has 5 nitrogen and oxygen atoms in total. The van der Waals surface area contributed by atoms with Crippen LogP contribution < -0.4 is 0 Å². The van der Waals surface area contributed by atoms with Crippen LogP contribution in [0.5, 0.6) is 0 Å². The Hall–Kier alpha value is -2.34. The molecule has 0 radical (unpaired) electrons. The third kappa shape index (κ3) is 2.38. The second-order valence-corrected chi connectivity index (χ2v) is 8.61. The summed E-state index contributed by atoms with van der Waals surface area (Å²) in [6, 6.07) is 13.2. The van der Waals surface area contributed by atoms with Crippen LogP contribution in [0.4, 0.5) is 0 Å². The summed E-state index contributed by atoms with van der Waals surface area (Å²) in [6.45, 7) is 0. The maximum atomic E-state index is 11.7. The quantitative estimate of drug-likeness (QED) is 0.775. The Bertz CT molecular complexity index is 1050. The smallest absolute Gasteiger partial charge is 0.335 e. The summed E-state index contributed by atoms with van der Waals surface area (Å²) in [4.78, 5) is 11.3. The van der Waals surface area contributed by atoms with Gasteiger partial charge in [-0.15, -0.1) is 0 Å². The molecule has 1 aromatic heterocycles. The molecule has 0 spiro atoms. The number of benzene rings is 2. The summed E-state index contributed by atoms with van der Waals surface area (Å²) in [6.07, 6.45) is 1.13. The lowest BCUT2D eigenvalue weighted by molar-refractivity contribution is 0.0697. The van der Waals surface area contributed by atoms with Gasteiger partial charge in [0.15, 0.2) is 0 Å². The van der Waals surface area contributed by atoms with E-state index < -0.39 is 15.8 Å². The van der Waals surface area contributed by atoms with Gasteiger partial charge in [0, 0.05) is 22.3 Å². The summed E-state index contributed by atoms with van der Waals surface area (Å²) < 4.78 is 25.6. The van der Waals surface area contributed by atoms with Gasteiger partial charge in [0.2, 0.25) is 0 Å². The first kappa shape index (κ1) is 15.2. The molecule has 0 unspecified atom stereocenters. The fourth-order valence-corrected chi connectivity index (χ4v) is 5.13. The topological polar surface area (TPSA) is 76.4 Å². The SMILES string of the molecule is O=C(O)c1ccc2c3ccccc3n(C3CCS(=O)(=O)CC3)c2c1. The fourth-order valence-electron chi connectivity index (χ4n) is 3.66. The van der Waals surface area contributed by atoms with Gasteiger partial charge in [-0.2, -0.15) is 0 Å². The molecule has 1 saturated heterocycles. The maximum Gasteiger partial charge on any atom is 0.335 e. The highest BCUT2D eigenvalue weighted by molar-refractivity contribution is 7.91. The number of para-hydroxylation sites is 1. The van der Waals surface area contributed by atoms with Crippen molar-refractivity contribution < 1.29 is 18.3 Å². The number of hydrogen-bond acceptors (Lipinski definition) is 3. The molecule has 124 valence electrons. The van der Waals surface area contributed by atoms with E-state index in [9.17, 15) is 18.3 Å². The molecule has 2 heterocycles. The van der Waals surface area contributed by atoms with Crippen LogP contribution in [0.2, 0.25) is 0 Å². The Balaban J connectivity index is 1.97. The molecule has 0 saturated carbocycles. The summed E-state index contributed by atoms with van der Waals surface area (Å²) in [5, 5.41) is 11.4. The van der Waals surface area contributed by atoms with Gasteiger partial charge in [-0.1, -0.05) is 24.3 Å². The van der Waals surface area contributed by atoms with Crippen molar-refractivity contribution in [1.82, 2.24) is 4.57 Å². The summed E-state index contributed by atoms with van der Waals surface area (Å²) >= 11 is 0. The highest BCUT2D eigenvalue weighted by Crippen LogP contribution is 2.36. The van der Waals surface area contributed by atoms with Crippen molar-refractivity contribution in [1.29, 1.82) is 0 Å². The van der Waals surface area contributed by atoms with Crippen LogP contribution >= 0.6 is 0 Å². The highest BCUT2D eigenvalue weighted by atomic mass is 32.2. The predicted molar refractivity (Wildman–Crippen MR) is 93.3 cm³/mol. The second kappa shape index (κ2) is 5.34. The van der Waals surface area contributed by atoms with Gasteiger partial charge in [-0.25, -0.2) is 13.2 Å². The number of rotatable bonds is 2. The molecule has 1 aliphatic rings. The molecule has 0 atom stereocenters. The van der Waals surface area contributed by atoms with Crippen molar-refractivity contribution in [3.8, 4) is 0 Å². The average Bonchev–Trinajstić information content (AvgIpc) is 2.89. The first-order valence-electron chi connectivity index (χ1n) is 7.93. The monoisotopic (exact) mass is 343 g/mol. The van der Waals surface area contributed by atoms with E-state index in [1.807, 2.05) is 30.3 Å². The number of hydrogen-bond donors (Lipinski definition) is 1. The lowest BCUT2D eigenvalue weighted by Gasteiger charge is -2.25. The van der Waals surface area contributed by atoms with Gasteiger partial charge in [-0.3, -0.25) is 0 Å². The van der Waals surface area contributed by atoms with E-state index in [-0.39, 0.29) is 23.1 Å². The summed E-state index contributed by atoms with van der Waals surface area (Å²) in [5.74, 6) is -0.589. The third-order valence-corrected chi connectivity index (χ3v) is 6.56. The molecule has 3 aromatic rings. The maximum absolute atomic E-state index is 11.7. The van der Waals surface area contributed by atoms with Gasteiger partial charge in [-0.05, 0) is 31.0 Å². The van der Waals surface area contributed by atoms with E-state index >= 15 is 0 Å². The van der Waals surface area contributed by atoms with Gasteiger partial charge < -0.3 is 9.67 Å². The van der Waals surface area contributed by atoms with Gasteiger partial charge in [0.1, 0.15) is 9.84 Å². The zero-order valence-corrected chi connectivity index (χ0v) is 13.8. The number of sulfone groups is 1. The predicted octanol–water partition coefficient (Wildman–Crippen LogP) is 3.24. The highest BCUT2D eigenvalue weighted by Gasteiger charge is 2.27. The van der Waals surface area contributed by atoms with Crippen molar-refractivity contribution >= 4 is 37.6 Å². The van der Waals surface area contributed by atoms with Crippen molar-refractivity contribution in [2.45, 2.75) is 18.9 Å². The van der Waals surface area contributed by atoms with Gasteiger partial charge in [0.05, 0.1) is 22.6 Å². The summed E-state index contributed by atoms with van der Waals surface area (Å²) in [7, 11) is -2.94. The number of carboxylic acids is 1. The van der Waals surface area contributed by atoms with Crippen LogP contribution in [0.15, 0.2) is 42.5 Å². The van der Waals surface area contributed by atoms with Crippen molar-refractivity contribution in [3.63, 3.8) is 0 Å². The van der Waals surface area contributed by atoms with E-state index in [0.717, 1.165) is 21.8 Å². The Morgan fingerprint density at radius 1 is 1.00 bits per heavy atom. The molecular formula is C18H17NO4S. The van der Waals surface area contributed by atoms with Crippen molar-refractivity contribution in [3.05, 3.63) is 48.0 Å². The summed E-state index contributed by atoms with van der Waals surface area (Å²) in [5.41, 5.74) is 2.13. The molecular weight excluding hydrogens is 326 g/mol. The number of aromatic nitrogens is 1. The van der Waals surface area contributed by atoms with E-state index in [0.29, 0.717) is 12.8 Å². The van der Waals surface area contributed by atoms with E-state index in [2.05, 4.69) is 4.57 Å². The first-order valence-corrected chi connectivity index (χ1v) is 9.75. The average molecular weight is 343 g/mol. The Kier molecular flexibility index (Phi) is 3.38. The van der Waals surface area contributed by atoms with Crippen LogP contribution in [0.25, 0.3) is 21.8 Å². The Morgan fingerprint density at radius 3 is 2.38 bits per heavy atom. The van der Waals surface area contributed by atoms with Crippen LogP contribution in [0, 0.1) is 0 Å². The minimum absolute atomic E-state index is 0.0694. The first-order chi connectivity index (χ1) is 11.5. The fraction of sp³-hybridized carbons (Fsp3) is 0.278. The minimum atomic E-state index is -2.94. The van der Waals surface area contributed by atoms with Crippen LogP contribution in [0.3, 0.4) is 0 Å². The molecule has 1 N–H and O–H groups in total. The molecule has 6 heteroatoms. The molecule has 0 amide bonds. The second-order valence-electron chi connectivity index (χ2n) is 6.31. The third-order valence-electron chi connectivity index (χ3n) is 4.85. The van der Waals surface area contributed by atoms with E-state index in [1.54, 1.807) is 12.1 Å². The largest absolute Gasteiger partial charge is 0.478 e. The number of carbonyl (C=O) groups is 1. The Labute approximate surface area is 139 Å². The Morgan fingerprint density at radius 2 is 1.67 bits per heavy atom.